The summed E-state index contributed by atoms with van der Waals surface area (Å²) in [5.41, 5.74) is 5.19. The van der Waals surface area contributed by atoms with Crippen LogP contribution in [0.15, 0.2) is 12.3 Å². The Labute approximate surface area is 91.8 Å². The van der Waals surface area contributed by atoms with Crippen molar-refractivity contribution in [1.29, 1.82) is 0 Å². The summed E-state index contributed by atoms with van der Waals surface area (Å²) in [6.45, 7) is 0.637. The second-order valence-corrected chi connectivity index (χ2v) is 2.98. The van der Waals surface area contributed by atoms with Gasteiger partial charge in [0, 0.05) is 12.7 Å². The van der Waals surface area contributed by atoms with Gasteiger partial charge in [-0.05, 0) is 6.07 Å². The summed E-state index contributed by atoms with van der Waals surface area (Å²) in [6, 6.07) is 1.52. The molecule has 1 rings (SSSR count). The number of halogens is 1. The molecule has 1 heterocycles. The molecule has 0 spiro atoms. The molecular formula is C8H11ClN4O2. The number of hydrogen-bond donors (Lipinski definition) is 2. The van der Waals surface area contributed by atoms with Gasteiger partial charge < -0.3 is 10.5 Å². The molecule has 0 aliphatic carbocycles. The molecule has 0 fully saturated rings. The number of anilines is 1. The number of carbonyl (C=O) groups excluding carboxylic acids is 1. The van der Waals surface area contributed by atoms with E-state index in [4.69, 9.17) is 22.1 Å². The van der Waals surface area contributed by atoms with Gasteiger partial charge in [0.15, 0.2) is 0 Å². The molecule has 0 aromatic carbocycles. The summed E-state index contributed by atoms with van der Waals surface area (Å²) in [6.07, 6.45) is 1.45. The molecule has 15 heavy (non-hydrogen) atoms. The third-order valence-electron chi connectivity index (χ3n) is 1.37. The van der Waals surface area contributed by atoms with E-state index in [9.17, 15) is 4.79 Å². The first kappa shape index (κ1) is 11.8. The topological polar surface area (TPSA) is 90.1 Å². The van der Waals surface area contributed by atoms with Gasteiger partial charge in [-0.2, -0.15) is 0 Å². The number of amides is 1. The number of carbonyl (C=O) groups is 1. The fourth-order valence-corrected chi connectivity index (χ4v) is 0.942. The van der Waals surface area contributed by atoms with Gasteiger partial charge in [-0.3, -0.25) is 10.1 Å². The van der Waals surface area contributed by atoms with Crippen molar-refractivity contribution in [2.45, 2.75) is 0 Å². The summed E-state index contributed by atoms with van der Waals surface area (Å²) in [4.78, 5) is 18.8. The molecule has 0 atom stereocenters. The standard InChI is InChI=1S/C8H11ClN4O2/c9-6-1-3-11-8(12-6)13-7(14)5-15-4-2-10/h1,3H,2,4-5,10H2,(H,11,12,13,14). The van der Waals surface area contributed by atoms with Gasteiger partial charge in [0.1, 0.15) is 11.8 Å². The van der Waals surface area contributed by atoms with E-state index in [0.717, 1.165) is 0 Å². The number of nitrogens with one attached hydrogen (secondary N) is 1. The zero-order valence-electron chi connectivity index (χ0n) is 7.94. The molecule has 1 amide bonds. The minimum absolute atomic E-state index is 0.0763. The third kappa shape index (κ3) is 4.68. The van der Waals surface area contributed by atoms with Gasteiger partial charge in [0.2, 0.25) is 5.95 Å². The number of ether oxygens (including phenoxy) is 1. The lowest BCUT2D eigenvalue weighted by Crippen LogP contribution is -2.21. The predicted molar refractivity (Wildman–Crippen MR) is 55.5 cm³/mol. The molecule has 7 heteroatoms. The largest absolute Gasteiger partial charge is 0.370 e. The summed E-state index contributed by atoms with van der Waals surface area (Å²) in [5, 5.41) is 2.70. The molecule has 0 radical (unpaired) electrons. The normalized spacial score (nSPS) is 10.0. The van der Waals surface area contributed by atoms with Crippen molar-refractivity contribution in [3.05, 3.63) is 17.4 Å². The number of nitrogens with two attached hydrogens (primary N) is 1. The Morgan fingerprint density at radius 1 is 1.67 bits per heavy atom. The molecule has 0 aliphatic heterocycles. The first-order valence-electron chi connectivity index (χ1n) is 4.28. The second kappa shape index (κ2) is 6.28. The summed E-state index contributed by atoms with van der Waals surface area (Å²) in [5.74, 6) is -0.186. The fourth-order valence-electron chi connectivity index (χ4n) is 0.806. The number of rotatable bonds is 5. The molecule has 0 saturated heterocycles. The number of hydrogen-bond acceptors (Lipinski definition) is 5. The van der Waals surface area contributed by atoms with Gasteiger partial charge in [0.25, 0.3) is 5.91 Å². The summed E-state index contributed by atoms with van der Waals surface area (Å²) < 4.78 is 4.92. The van der Waals surface area contributed by atoms with Crippen LogP contribution in [0.4, 0.5) is 5.95 Å². The number of nitrogens with zero attached hydrogens (tertiary/aromatic N) is 2. The van der Waals surface area contributed by atoms with Crippen LogP contribution in [-0.2, 0) is 9.53 Å². The van der Waals surface area contributed by atoms with Crippen LogP contribution in [0.5, 0.6) is 0 Å². The van der Waals surface area contributed by atoms with Crippen LogP contribution in [0.1, 0.15) is 0 Å². The van der Waals surface area contributed by atoms with Crippen molar-refractivity contribution < 1.29 is 9.53 Å². The van der Waals surface area contributed by atoms with Gasteiger partial charge in [-0.1, -0.05) is 11.6 Å². The van der Waals surface area contributed by atoms with Crippen LogP contribution < -0.4 is 11.1 Å². The van der Waals surface area contributed by atoms with Gasteiger partial charge >= 0.3 is 0 Å². The molecule has 0 saturated carbocycles. The first-order valence-corrected chi connectivity index (χ1v) is 4.66. The Hall–Kier alpha value is -1.24. The van der Waals surface area contributed by atoms with E-state index in [1.54, 1.807) is 0 Å². The zero-order valence-corrected chi connectivity index (χ0v) is 8.70. The highest BCUT2D eigenvalue weighted by Crippen LogP contribution is 2.05. The van der Waals surface area contributed by atoms with E-state index in [0.29, 0.717) is 13.2 Å². The fraction of sp³-hybridized carbons (Fsp3) is 0.375. The van der Waals surface area contributed by atoms with Crippen LogP contribution in [0.3, 0.4) is 0 Å². The smallest absolute Gasteiger partial charge is 0.252 e. The monoisotopic (exact) mass is 230 g/mol. The van der Waals surface area contributed by atoms with Gasteiger partial charge in [-0.25, -0.2) is 9.97 Å². The van der Waals surface area contributed by atoms with Gasteiger partial charge in [0.05, 0.1) is 6.61 Å². The molecule has 0 unspecified atom stereocenters. The van der Waals surface area contributed by atoms with E-state index >= 15 is 0 Å². The Bertz CT molecular complexity index is 334. The lowest BCUT2D eigenvalue weighted by molar-refractivity contribution is -0.120. The maximum absolute atomic E-state index is 11.2. The Morgan fingerprint density at radius 3 is 3.13 bits per heavy atom. The van der Waals surface area contributed by atoms with Crippen LogP contribution >= 0.6 is 11.6 Å². The van der Waals surface area contributed by atoms with Crippen molar-refractivity contribution in [2.24, 2.45) is 5.73 Å². The third-order valence-corrected chi connectivity index (χ3v) is 1.58. The maximum atomic E-state index is 11.2. The minimum Gasteiger partial charge on any atom is -0.370 e. The zero-order chi connectivity index (χ0) is 11.1. The molecule has 1 aromatic heterocycles. The van der Waals surface area contributed by atoms with E-state index in [-0.39, 0.29) is 23.6 Å². The molecule has 0 aliphatic rings. The number of aromatic nitrogens is 2. The van der Waals surface area contributed by atoms with Crippen molar-refractivity contribution >= 4 is 23.5 Å². The van der Waals surface area contributed by atoms with Crippen LogP contribution in [-0.4, -0.2) is 35.6 Å². The van der Waals surface area contributed by atoms with Crippen LogP contribution in [0.25, 0.3) is 0 Å². The van der Waals surface area contributed by atoms with Gasteiger partial charge in [-0.15, -0.1) is 0 Å². The van der Waals surface area contributed by atoms with E-state index in [1.165, 1.54) is 12.3 Å². The Balaban J connectivity index is 2.37. The lowest BCUT2D eigenvalue weighted by atomic mass is 10.6. The summed E-state index contributed by atoms with van der Waals surface area (Å²) >= 11 is 5.60. The van der Waals surface area contributed by atoms with Crippen LogP contribution in [0.2, 0.25) is 5.15 Å². The van der Waals surface area contributed by atoms with E-state index in [1.807, 2.05) is 0 Å². The molecule has 0 bridgehead atoms. The Kier molecular flexibility index (Phi) is 4.96. The molecule has 1 aromatic rings. The Morgan fingerprint density at radius 2 is 2.47 bits per heavy atom. The van der Waals surface area contributed by atoms with Crippen LogP contribution in [0, 0.1) is 0 Å². The summed E-state index contributed by atoms with van der Waals surface area (Å²) in [7, 11) is 0. The van der Waals surface area contributed by atoms with E-state index < -0.39 is 0 Å². The average Bonchev–Trinajstić information content (AvgIpc) is 2.18. The van der Waals surface area contributed by atoms with Crippen molar-refractivity contribution in [2.75, 3.05) is 25.1 Å². The first-order chi connectivity index (χ1) is 7.22. The quantitative estimate of drug-likeness (QED) is 0.551. The minimum atomic E-state index is -0.342. The second-order valence-electron chi connectivity index (χ2n) is 2.59. The van der Waals surface area contributed by atoms with E-state index in [2.05, 4.69) is 15.3 Å². The average molecular weight is 231 g/mol. The SMILES string of the molecule is NCCOCC(=O)Nc1nccc(Cl)n1. The maximum Gasteiger partial charge on any atom is 0.252 e. The lowest BCUT2D eigenvalue weighted by Gasteiger charge is -2.03. The molecule has 3 N–H and O–H groups in total. The van der Waals surface area contributed by atoms with Crippen molar-refractivity contribution in [3.63, 3.8) is 0 Å². The van der Waals surface area contributed by atoms with Crippen molar-refractivity contribution in [1.82, 2.24) is 9.97 Å². The highest BCUT2D eigenvalue weighted by molar-refractivity contribution is 6.29. The molecular weight excluding hydrogens is 220 g/mol. The highest BCUT2D eigenvalue weighted by Gasteiger charge is 2.04. The van der Waals surface area contributed by atoms with Crippen molar-refractivity contribution in [3.8, 4) is 0 Å². The highest BCUT2D eigenvalue weighted by atomic mass is 35.5. The molecule has 82 valence electrons. The predicted octanol–water partition coefficient (Wildman–Crippen LogP) is 0.0438. The molecule has 6 nitrogen and oxygen atoms in total.